The summed E-state index contributed by atoms with van der Waals surface area (Å²) in [5.74, 6) is 0.862. The molecule has 0 aliphatic carbocycles. The molecule has 200 valence electrons. The molecule has 2 saturated heterocycles. The van der Waals surface area contributed by atoms with Gasteiger partial charge in [-0.2, -0.15) is 0 Å². The van der Waals surface area contributed by atoms with Crippen LogP contribution in [-0.4, -0.2) is 49.0 Å². The predicted octanol–water partition coefficient (Wildman–Crippen LogP) is 5.82. The zero-order valence-electron chi connectivity index (χ0n) is 22.3. The molecule has 2 fully saturated rings. The number of ketones is 1. The van der Waals surface area contributed by atoms with Crippen molar-refractivity contribution in [1.82, 2.24) is 0 Å². The molecule has 0 saturated carbocycles. The summed E-state index contributed by atoms with van der Waals surface area (Å²) in [5.41, 5.74) is 0.563. The van der Waals surface area contributed by atoms with Crippen LogP contribution in [0.2, 0.25) is 0 Å². The topological polar surface area (TPSA) is 63.2 Å². The lowest BCUT2D eigenvalue weighted by Gasteiger charge is -2.55. The SMILES string of the molecule is C=CC[C@@]1(C)O[C@@]2(C)[C@H](OCc3ccc(OC)cc3)C[C@H](CCCOCc3ccccc3)O[C@@H]2CC1=O. The Bertz CT molecular complexity index is 1020. The van der Waals surface area contributed by atoms with Crippen LogP contribution in [0.5, 0.6) is 5.75 Å². The highest BCUT2D eigenvalue weighted by atomic mass is 16.6. The van der Waals surface area contributed by atoms with E-state index in [2.05, 4.69) is 18.7 Å². The zero-order valence-corrected chi connectivity index (χ0v) is 22.3. The first-order chi connectivity index (χ1) is 17.9. The number of hydrogen-bond donors (Lipinski definition) is 0. The monoisotopic (exact) mass is 508 g/mol. The zero-order chi connectivity index (χ0) is 26.3. The molecular weight excluding hydrogens is 468 g/mol. The van der Waals surface area contributed by atoms with Gasteiger partial charge in [-0.25, -0.2) is 0 Å². The largest absolute Gasteiger partial charge is 0.497 e. The number of methoxy groups -OCH3 is 1. The number of Topliss-reactive ketones (excluding diaryl/α,β-unsaturated/α-hetero) is 1. The van der Waals surface area contributed by atoms with Gasteiger partial charge in [-0.3, -0.25) is 4.79 Å². The normalized spacial score (nSPS) is 29.5. The summed E-state index contributed by atoms with van der Waals surface area (Å²) in [7, 11) is 1.66. The van der Waals surface area contributed by atoms with Crippen LogP contribution in [0.4, 0.5) is 0 Å². The van der Waals surface area contributed by atoms with Crippen molar-refractivity contribution in [2.24, 2.45) is 0 Å². The van der Waals surface area contributed by atoms with Crippen LogP contribution in [0.25, 0.3) is 0 Å². The molecule has 2 aliphatic rings. The first-order valence-electron chi connectivity index (χ1n) is 13.2. The quantitative estimate of drug-likeness (QED) is 0.266. The third-order valence-corrected chi connectivity index (χ3v) is 7.59. The molecule has 2 aromatic carbocycles. The summed E-state index contributed by atoms with van der Waals surface area (Å²) in [6, 6.07) is 18.1. The average molecular weight is 509 g/mol. The molecule has 0 radical (unpaired) electrons. The van der Waals surface area contributed by atoms with Crippen LogP contribution < -0.4 is 4.74 Å². The molecule has 0 N–H and O–H groups in total. The molecule has 0 spiro atoms. The van der Waals surface area contributed by atoms with E-state index in [0.29, 0.717) is 39.1 Å². The van der Waals surface area contributed by atoms with E-state index >= 15 is 0 Å². The first-order valence-corrected chi connectivity index (χ1v) is 13.2. The Morgan fingerprint density at radius 2 is 1.78 bits per heavy atom. The maximum absolute atomic E-state index is 13.1. The Hall–Kier alpha value is -2.51. The Labute approximate surface area is 220 Å². The summed E-state index contributed by atoms with van der Waals surface area (Å²) < 4.78 is 30.7. The van der Waals surface area contributed by atoms with Gasteiger partial charge in [0.15, 0.2) is 5.78 Å². The van der Waals surface area contributed by atoms with Gasteiger partial charge >= 0.3 is 0 Å². The minimum atomic E-state index is -0.920. The molecule has 2 aliphatic heterocycles. The number of rotatable bonds is 12. The van der Waals surface area contributed by atoms with Crippen LogP contribution in [0.15, 0.2) is 67.3 Å². The number of hydrogen-bond acceptors (Lipinski definition) is 6. The first kappa shape index (κ1) is 27.5. The predicted molar refractivity (Wildman–Crippen MR) is 143 cm³/mol. The summed E-state index contributed by atoms with van der Waals surface area (Å²) in [6.07, 6.45) is 4.31. The van der Waals surface area contributed by atoms with Crippen LogP contribution in [0.3, 0.4) is 0 Å². The highest BCUT2D eigenvalue weighted by Crippen LogP contribution is 2.45. The van der Waals surface area contributed by atoms with Gasteiger partial charge in [0.25, 0.3) is 0 Å². The van der Waals surface area contributed by atoms with Gasteiger partial charge in [-0.15, -0.1) is 6.58 Å². The Balaban J connectivity index is 1.40. The Kier molecular flexibility index (Phi) is 9.19. The number of ether oxygens (including phenoxy) is 5. The molecule has 2 heterocycles. The van der Waals surface area contributed by atoms with Crippen LogP contribution >= 0.6 is 0 Å². The van der Waals surface area contributed by atoms with Crippen molar-refractivity contribution in [2.45, 2.75) is 88.7 Å². The van der Waals surface area contributed by atoms with Crippen molar-refractivity contribution >= 4 is 5.78 Å². The van der Waals surface area contributed by atoms with E-state index in [1.807, 2.05) is 56.3 Å². The molecule has 6 heteroatoms. The van der Waals surface area contributed by atoms with Crippen molar-refractivity contribution < 1.29 is 28.5 Å². The van der Waals surface area contributed by atoms with E-state index < -0.39 is 11.2 Å². The van der Waals surface area contributed by atoms with E-state index in [0.717, 1.165) is 24.2 Å². The third kappa shape index (κ3) is 6.68. The van der Waals surface area contributed by atoms with Gasteiger partial charge in [0.05, 0.1) is 38.6 Å². The Morgan fingerprint density at radius 1 is 1.05 bits per heavy atom. The minimum absolute atomic E-state index is 0.0283. The fraction of sp³-hybridized carbons (Fsp3) is 0.516. The maximum atomic E-state index is 13.1. The molecule has 2 aromatic rings. The van der Waals surface area contributed by atoms with E-state index in [9.17, 15) is 4.79 Å². The number of fused-ring (bicyclic) bond motifs is 1. The van der Waals surface area contributed by atoms with Gasteiger partial charge in [-0.05, 0) is 49.9 Å². The van der Waals surface area contributed by atoms with Crippen molar-refractivity contribution in [1.29, 1.82) is 0 Å². The second-order valence-corrected chi connectivity index (χ2v) is 10.4. The summed E-state index contributed by atoms with van der Waals surface area (Å²) in [4.78, 5) is 13.1. The highest BCUT2D eigenvalue weighted by molar-refractivity contribution is 5.88. The molecule has 37 heavy (non-hydrogen) atoms. The summed E-state index contributed by atoms with van der Waals surface area (Å²) in [6.45, 7) is 9.42. The number of benzene rings is 2. The summed E-state index contributed by atoms with van der Waals surface area (Å²) in [5, 5.41) is 0. The van der Waals surface area contributed by atoms with Gasteiger partial charge < -0.3 is 23.7 Å². The van der Waals surface area contributed by atoms with Crippen molar-refractivity contribution in [3.8, 4) is 5.75 Å². The molecule has 0 aromatic heterocycles. The minimum Gasteiger partial charge on any atom is -0.497 e. The maximum Gasteiger partial charge on any atom is 0.167 e. The average Bonchev–Trinajstić information content (AvgIpc) is 2.89. The molecular formula is C31H40O6. The molecule has 4 rings (SSSR count). The van der Waals surface area contributed by atoms with Crippen molar-refractivity contribution in [2.75, 3.05) is 13.7 Å². The van der Waals surface area contributed by atoms with Gasteiger partial charge in [0.2, 0.25) is 0 Å². The third-order valence-electron chi connectivity index (χ3n) is 7.59. The van der Waals surface area contributed by atoms with Crippen molar-refractivity contribution in [3.05, 3.63) is 78.4 Å². The fourth-order valence-electron chi connectivity index (χ4n) is 5.36. The standard InChI is InChI=1S/C31H40O6/c1-5-17-30(2)27(32)20-29-31(3,37-30)28(35-22-24-13-15-25(33-4)16-14-24)19-26(36-29)12-9-18-34-21-23-10-7-6-8-11-23/h5-8,10-11,13-16,26,28-29H,1,9,12,17-22H2,2-4H3/t26-,28+,29+,30+,31-/m0/s1. The van der Waals surface area contributed by atoms with Crippen LogP contribution in [-0.2, 0) is 37.0 Å². The number of carbonyl (C=O) groups is 1. The van der Waals surface area contributed by atoms with Crippen LogP contribution in [0.1, 0.15) is 57.1 Å². The second kappa shape index (κ2) is 12.4. The smallest absolute Gasteiger partial charge is 0.167 e. The Morgan fingerprint density at radius 3 is 2.49 bits per heavy atom. The second-order valence-electron chi connectivity index (χ2n) is 10.4. The molecule has 5 atom stereocenters. The lowest BCUT2D eigenvalue weighted by molar-refractivity contribution is -0.296. The number of carbonyl (C=O) groups excluding carboxylic acids is 1. The molecule has 0 bridgehead atoms. The van der Waals surface area contributed by atoms with Crippen molar-refractivity contribution in [3.63, 3.8) is 0 Å². The van der Waals surface area contributed by atoms with E-state index in [1.165, 1.54) is 5.56 Å². The lowest BCUT2D eigenvalue weighted by atomic mass is 9.76. The molecule has 6 nitrogen and oxygen atoms in total. The van der Waals surface area contributed by atoms with Crippen LogP contribution in [0, 0.1) is 0 Å². The van der Waals surface area contributed by atoms with E-state index in [4.69, 9.17) is 23.7 Å². The van der Waals surface area contributed by atoms with E-state index in [1.54, 1.807) is 13.2 Å². The molecule has 0 amide bonds. The van der Waals surface area contributed by atoms with Gasteiger partial charge in [0.1, 0.15) is 17.0 Å². The fourth-order valence-corrected chi connectivity index (χ4v) is 5.36. The van der Waals surface area contributed by atoms with E-state index in [-0.39, 0.29) is 24.1 Å². The highest BCUT2D eigenvalue weighted by Gasteiger charge is 2.58. The summed E-state index contributed by atoms with van der Waals surface area (Å²) >= 11 is 0. The lowest BCUT2D eigenvalue weighted by Crippen LogP contribution is -2.67. The van der Waals surface area contributed by atoms with Gasteiger partial charge in [0, 0.05) is 25.9 Å². The molecule has 0 unspecified atom stereocenters. The van der Waals surface area contributed by atoms with Gasteiger partial charge in [-0.1, -0.05) is 48.5 Å².